The van der Waals surface area contributed by atoms with Gasteiger partial charge in [-0.15, -0.1) is 0 Å². The fourth-order valence-corrected chi connectivity index (χ4v) is 3.03. The summed E-state index contributed by atoms with van der Waals surface area (Å²) in [4.78, 5) is 0. The summed E-state index contributed by atoms with van der Waals surface area (Å²) in [5.41, 5.74) is 3.40. The molecule has 5 heteroatoms. The molecule has 1 saturated heterocycles. The number of fused-ring (bicyclic) bond motifs is 1. The van der Waals surface area contributed by atoms with E-state index in [1.165, 1.54) is 6.07 Å². The van der Waals surface area contributed by atoms with Crippen LogP contribution in [0.3, 0.4) is 0 Å². The number of hydrogen-bond acceptors (Lipinski definition) is 2. The molecule has 3 unspecified atom stereocenters. The van der Waals surface area contributed by atoms with Crippen LogP contribution in [0, 0.1) is 11.7 Å². The third-order valence-corrected chi connectivity index (χ3v) is 4.18. The Labute approximate surface area is 118 Å². The van der Waals surface area contributed by atoms with Crippen molar-refractivity contribution in [2.75, 3.05) is 5.01 Å². The van der Waals surface area contributed by atoms with Gasteiger partial charge in [-0.3, -0.25) is 5.01 Å². The SMILES string of the molecule is Fc1cc(Br)ccc1N1NC2C=CC=CC2C1Cl. The molecule has 0 bridgehead atoms. The van der Waals surface area contributed by atoms with Gasteiger partial charge in [-0.2, -0.15) is 0 Å². The second-order valence-electron chi connectivity index (χ2n) is 4.34. The first-order valence-corrected chi connectivity index (χ1v) is 6.89. The number of halogens is 3. The molecule has 94 valence electrons. The molecule has 2 nitrogen and oxygen atoms in total. The van der Waals surface area contributed by atoms with Crippen molar-refractivity contribution in [2.45, 2.75) is 11.5 Å². The van der Waals surface area contributed by atoms with Gasteiger partial charge in [-0.05, 0) is 18.2 Å². The van der Waals surface area contributed by atoms with E-state index in [2.05, 4.69) is 21.4 Å². The average Bonchev–Trinajstić information content (AvgIpc) is 2.68. The second-order valence-corrected chi connectivity index (χ2v) is 5.70. The molecule has 1 heterocycles. The van der Waals surface area contributed by atoms with E-state index in [1.54, 1.807) is 17.1 Å². The summed E-state index contributed by atoms with van der Waals surface area (Å²) >= 11 is 9.64. The molecule has 0 radical (unpaired) electrons. The fraction of sp³-hybridized carbons (Fsp3) is 0.231. The predicted octanol–water partition coefficient (Wildman–Crippen LogP) is 3.59. The first-order valence-electron chi connectivity index (χ1n) is 5.66. The number of hydrogen-bond donors (Lipinski definition) is 1. The number of rotatable bonds is 1. The van der Waals surface area contributed by atoms with Crippen molar-refractivity contribution in [2.24, 2.45) is 5.92 Å². The minimum atomic E-state index is -0.299. The standard InChI is InChI=1S/C13H11BrClFN2/c14-8-5-6-12(10(16)7-8)18-13(15)9-3-1-2-4-11(9)17-18/h1-7,9,11,13,17H. The largest absolute Gasteiger partial charge is 0.286 e. The zero-order valence-electron chi connectivity index (χ0n) is 9.35. The summed E-state index contributed by atoms with van der Waals surface area (Å²) in [7, 11) is 0. The van der Waals surface area contributed by atoms with Crippen molar-refractivity contribution in [1.29, 1.82) is 0 Å². The Balaban J connectivity index is 1.93. The fourth-order valence-electron chi connectivity index (χ4n) is 2.30. The highest BCUT2D eigenvalue weighted by Gasteiger charge is 2.39. The lowest BCUT2D eigenvalue weighted by Crippen LogP contribution is -2.37. The summed E-state index contributed by atoms with van der Waals surface area (Å²) in [6.45, 7) is 0. The molecule has 2 aliphatic rings. The van der Waals surface area contributed by atoms with E-state index in [9.17, 15) is 4.39 Å². The highest BCUT2D eigenvalue weighted by Crippen LogP contribution is 2.34. The van der Waals surface area contributed by atoms with Gasteiger partial charge >= 0.3 is 0 Å². The molecule has 18 heavy (non-hydrogen) atoms. The Morgan fingerprint density at radius 1 is 1.28 bits per heavy atom. The van der Waals surface area contributed by atoms with Crippen molar-refractivity contribution in [3.63, 3.8) is 0 Å². The summed E-state index contributed by atoms with van der Waals surface area (Å²) in [6, 6.07) is 5.08. The van der Waals surface area contributed by atoms with Crippen molar-refractivity contribution in [3.8, 4) is 0 Å². The van der Waals surface area contributed by atoms with E-state index in [0.717, 1.165) is 0 Å². The number of hydrazine groups is 1. The van der Waals surface area contributed by atoms with Crippen LogP contribution in [0.2, 0.25) is 0 Å². The number of nitrogens with one attached hydrogen (secondary N) is 1. The van der Waals surface area contributed by atoms with Crippen molar-refractivity contribution in [1.82, 2.24) is 5.43 Å². The van der Waals surface area contributed by atoms with Gasteiger partial charge in [0.15, 0.2) is 0 Å². The lowest BCUT2D eigenvalue weighted by atomic mass is 9.97. The van der Waals surface area contributed by atoms with Crippen LogP contribution in [0.15, 0.2) is 47.0 Å². The number of allylic oxidation sites excluding steroid dienone is 2. The van der Waals surface area contributed by atoms with Crippen LogP contribution >= 0.6 is 27.5 Å². The van der Waals surface area contributed by atoms with Gasteiger partial charge in [0.25, 0.3) is 0 Å². The summed E-state index contributed by atoms with van der Waals surface area (Å²) < 4.78 is 14.7. The van der Waals surface area contributed by atoms with Crippen LogP contribution in [0.4, 0.5) is 10.1 Å². The van der Waals surface area contributed by atoms with Crippen molar-refractivity contribution >= 4 is 33.2 Å². The molecule has 0 aromatic heterocycles. The number of benzene rings is 1. The van der Waals surface area contributed by atoms with Crippen LogP contribution in [-0.2, 0) is 0 Å². The molecule has 1 fully saturated rings. The van der Waals surface area contributed by atoms with Gasteiger partial charge in [-0.25, -0.2) is 9.82 Å². The maximum Gasteiger partial charge on any atom is 0.149 e. The van der Waals surface area contributed by atoms with Crippen molar-refractivity contribution < 1.29 is 4.39 Å². The maximum atomic E-state index is 13.9. The monoisotopic (exact) mass is 328 g/mol. The number of alkyl halides is 1. The van der Waals surface area contributed by atoms with Gasteiger partial charge in [-0.1, -0.05) is 51.8 Å². The van der Waals surface area contributed by atoms with E-state index >= 15 is 0 Å². The normalized spacial score (nSPS) is 29.7. The average molecular weight is 330 g/mol. The maximum absolute atomic E-state index is 13.9. The molecule has 3 rings (SSSR count). The zero-order valence-corrected chi connectivity index (χ0v) is 11.7. The summed E-state index contributed by atoms with van der Waals surface area (Å²) in [6.07, 6.45) is 8.03. The molecule has 3 atom stereocenters. The third-order valence-electron chi connectivity index (χ3n) is 3.20. The molecule has 1 aliphatic carbocycles. The Kier molecular flexibility index (Phi) is 3.18. The quantitative estimate of drug-likeness (QED) is 0.626. The van der Waals surface area contributed by atoms with Gasteiger partial charge < -0.3 is 0 Å². The van der Waals surface area contributed by atoms with Gasteiger partial charge in [0, 0.05) is 10.4 Å². The smallest absolute Gasteiger partial charge is 0.149 e. The lowest BCUT2D eigenvalue weighted by Gasteiger charge is -2.23. The van der Waals surface area contributed by atoms with Crippen LogP contribution < -0.4 is 10.4 Å². The minimum absolute atomic E-state index is 0.126. The van der Waals surface area contributed by atoms with Gasteiger partial charge in [0.1, 0.15) is 11.3 Å². The molecule has 1 aliphatic heterocycles. The molecule has 1 N–H and O–H groups in total. The summed E-state index contributed by atoms with van der Waals surface area (Å²) in [5, 5.41) is 1.69. The van der Waals surface area contributed by atoms with Crippen LogP contribution in [0.1, 0.15) is 0 Å². The molecular weight excluding hydrogens is 319 g/mol. The number of anilines is 1. The highest BCUT2D eigenvalue weighted by atomic mass is 79.9. The summed E-state index contributed by atoms with van der Waals surface area (Å²) in [5.74, 6) is -0.145. The lowest BCUT2D eigenvalue weighted by molar-refractivity contribution is 0.601. The van der Waals surface area contributed by atoms with Crippen LogP contribution in [0.25, 0.3) is 0 Å². The Bertz CT molecular complexity index is 532. The topological polar surface area (TPSA) is 15.3 Å². The molecule has 0 spiro atoms. The number of nitrogens with zero attached hydrogens (tertiary/aromatic N) is 1. The molecule has 0 amide bonds. The van der Waals surface area contributed by atoms with Crippen LogP contribution in [0.5, 0.6) is 0 Å². The molecule has 1 aromatic carbocycles. The van der Waals surface area contributed by atoms with Gasteiger partial charge in [0.05, 0.1) is 11.7 Å². The highest BCUT2D eigenvalue weighted by molar-refractivity contribution is 9.10. The van der Waals surface area contributed by atoms with E-state index in [4.69, 9.17) is 11.6 Å². The van der Waals surface area contributed by atoms with E-state index in [-0.39, 0.29) is 23.3 Å². The minimum Gasteiger partial charge on any atom is -0.286 e. The van der Waals surface area contributed by atoms with E-state index in [0.29, 0.717) is 10.2 Å². The Hall–Kier alpha value is -0.840. The molecule has 0 saturated carbocycles. The molecule has 1 aromatic rings. The molecular formula is C13H11BrClFN2. The predicted molar refractivity (Wildman–Crippen MR) is 74.9 cm³/mol. The third kappa shape index (κ3) is 1.98. The van der Waals surface area contributed by atoms with Crippen molar-refractivity contribution in [3.05, 3.63) is 52.8 Å². The first-order chi connectivity index (χ1) is 8.66. The first kappa shape index (κ1) is 12.2. The Morgan fingerprint density at radius 2 is 2.06 bits per heavy atom. The van der Waals surface area contributed by atoms with E-state index < -0.39 is 0 Å². The second kappa shape index (κ2) is 4.68. The van der Waals surface area contributed by atoms with Crippen LogP contribution in [-0.4, -0.2) is 11.5 Å². The zero-order chi connectivity index (χ0) is 12.7. The Morgan fingerprint density at radius 3 is 2.78 bits per heavy atom. The van der Waals surface area contributed by atoms with E-state index in [1.807, 2.05) is 24.3 Å². The van der Waals surface area contributed by atoms with Gasteiger partial charge in [0.2, 0.25) is 0 Å².